The molecular formula is C54H38N2. The number of aryl methyl sites for hydroxylation is 2. The van der Waals surface area contributed by atoms with E-state index in [9.17, 15) is 0 Å². The number of hydrogen-bond acceptors (Lipinski definition) is 2. The van der Waals surface area contributed by atoms with Crippen LogP contribution in [0.5, 0.6) is 0 Å². The first kappa shape index (κ1) is 32.3. The Hall–Kier alpha value is -7.16. The van der Waals surface area contributed by atoms with Gasteiger partial charge in [0, 0.05) is 44.3 Å². The van der Waals surface area contributed by atoms with E-state index in [1.54, 1.807) is 0 Å². The normalized spacial score (nSPS) is 11.8. The van der Waals surface area contributed by atoms with Crippen molar-refractivity contribution >= 4 is 98.8 Å². The first-order valence-corrected chi connectivity index (χ1v) is 19.4. The summed E-state index contributed by atoms with van der Waals surface area (Å²) in [5, 5.41) is 15.1. The van der Waals surface area contributed by atoms with E-state index >= 15 is 0 Å². The van der Waals surface area contributed by atoms with Crippen LogP contribution in [0.3, 0.4) is 0 Å². The molecule has 0 aliphatic heterocycles. The van der Waals surface area contributed by atoms with Gasteiger partial charge in [0.05, 0.1) is 11.4 Å². The van der Waals surface area contributed by atoms with E-state index in [0.717, 1.165) is 22.7 Å². The first-order chi connectivity index (χ1) is 27.6. The molecule has 2 heteroatoms. The van der Waals surface area contributed by atoms with Gasteiger partial charge in [0.2, 0.25) is 0 Å². The summed E-state index contributed by atoms with van der Waals surface area (Å²) in [4.78, 5) is 4.94. The van der Waals surface area contributed by atoms with Gasteiger partial charge >= 0.3 is 0 Å². The van der Waals surface area contributed by atoms with Gasteiger partial charge < -0.3 is 9.80 Å². The molecule has 11 rings (SSSR count). The highest BCUT2D eigenvalue weighted by Gasteiger charge is 2.26. The number of hydrogen-bond donors (Lipinski definition) is 0. The highest BCUT2D eigenvalue weighted by molar-refractivity contribution is 6.39. The van der Waals surface area contributed by atoms with Crippen LogP contribution in [0, 0.1) is 13.8 Å². The standard InChI is InChI=1S/C54H38N2/c1-35-31-49(55(41-19-5-3-6-20-41)43-27-25-37-15-9-11-17-39(37)33-43)51-47-23-13-14-24-48(47)52-50(32-36(2)46-30-29-45(35)53(51)54(46)52)56(42-21-7-4-8-22-42)44-28-26-38-16-10-12-18-40(38)34-44/h3-34H,1-2H3. The molecule has 11 aromatic carbocycles. The fraction of sp³-hybridized carbons (Fsp3) is 0.0370. The van der Waals surface area contributed by atoms with Crippen LogP contribution < -0.4 is 9.80 Å². The fourth-order valence-corrected chi connectivity index (χ4v) is 9.20. The Balaban J connectivity index is 1.29. The number of rotatable bonds is 6. The third-order valence-corrected chi connectivity index (χ3v) is 11.7. The molecule has 0 unspecified atom stereocenters. The summed E-state index contributed by atoms with van der Waals surface area (Å²) in [7, 11) is 0. The Bertz CT molecular complexity index is 3050. The van der Waals surface area contributed by atoms with Crippen LogP contribution in [0.4, 0.5) is 34.1 Å². The second-order valence-corrected chi connectivity index (χ2v) is 15.0. The molecule has 264 valence electrons. The Labute approximate surface area is 326 Å². The smallest absolute Gasteiger partial charge is 0.0549 e. The highest BCUT2D eigenvalue weighted by Crippen LogP contribution is 2.53. The molecular weight excluding hydrogens is 677 g/mol. The van der Waals surface area contributed by atoms with Crippen molar-refractivity contribution in [1.82, 2.24) is 0 Å². The Morgan fingerprint density at radius 1 is 0.268 bits per heavy atom. The number of para-hydroxylation sites is 2. The molecule has 0 aliphatic rings. The maximum Gasteiger partial charge on any atom is 0.0549 e. The summed E-state index contributed by atoms with van der Waals surface area (Å²) in [5.74, 6) is 0. The molecule has 0 saturated carbocycles. The zero-order valence-corrected chi connectivity index (χ0v) is 31.4. The van der Waals surface area contributed by atoms with Crippen LogP contribution in [0.2, 0.25) is 0 Å². The van der Waals surface area contributed by atoms with Gasteiger partial charge in [-0.3, -0.25) is 0 Å². The van der Waals surface area contributed by atoms with Crippen molar-refractivity contribution in [2.45, 2.75) is 13.8 Å². The Morgan fingerprint density at radius 2 is 0.643 bits per heavy atom. The average Bonchev–Trinajstić information content (AvgIpc) is 3.25. The SMILES string of the molecule is Cc1cc(N(c2ccccc2)c2ccc3ccccc3c2)c2c3ccccc3c3c(N(c4ccccc4)c4ccc5ccccc5c4)cc(C)c4ccc1c2c43. The molecule has 0 bridgehead atoms. The van der Waals surface area contributed by atoms with Crippen molar-refractivity contribution in [3.05, 3.63) is 205 Å². The van der Waals surface area contributed by atoms with E-state index in [1.165, 1.54) is 87.1 Å². The molecule has 11 aromatic rings. The van der Waals surface area contributed by atoms with E-state index < -0.39 is 0 Å². The third kappa shape index (κ3) is 4.96. The molecule has 0 aromatic heterocycles. The zero-order chi connectivity index (χ0) is 37.3. The summed E-state index contributed by atoms with van der Waals surface area (Å²) >= 11 is 0. The first-order valence-electron chi connectivity index (χ1n) is 19.4. The summed E-state index contributed by atoms with van der Waals surface area (Å²) in [6, 6.07) is 71.3. The Morgan fingerprint density at radius 3 is 1.07 bits per heavy atom. The lowest BCUT2D eigenvalue weighted by Gasteiger charge is -2.31. The summed E-state index contributed by atoms with van der Waals surface area (Å²) in [6.07, 6.45) is 0. The molecule has 56 heavy (non-hydrogen) atoms. The zero-order valence-electron chi connectivity index (χ0n) is 31.4. The highest BCUT2D eigenvalue weighted by atomic mass is 15.2. The lowest BCUT2D eigenvalue weighted by molar-refractivity contribution is 1.29. The van der Waals surface area contributed by atoms with Crippen molar-refractivity contribution < 1.29 is 0 Å². The van der Waals surface area contributed by atoms with Gasteiger partial charge in [-0.25, -0.2) is 0 Å². The molecule has 0 N–H and O–H groups in total. The van der Waals surface area contributed by atoms with Gasteiger partial charge in [0.25, 0.3) is 0 Å². The molecule has 0 fully saturated rings. The van der Waals surface area contributed by atoms with Gasteiger partial charge in [0.15, 0.2) is 0 Å². The van der Waals surface area contributed by atoms with Crippen LogP contribution in [-0.2, 0) is 0 Å². The molecule has 2 nitrogen and oxygen atoms in total. The van der Waals surface area contributed by atoms with Gasteiger partial charge in [-0.15, -0.1) is 0 Å². The number of benzene rings is 11. The molecule has 0 amide bonds. The maximum atomic E-state index is 2.47. The number of nitrogens with zero attached hydrogens (tertiary/aromatic N) is 2. The largest absolute Gasteiger partial charge is 0.310 e. The second-order valence-electron chi connectivity index (χ2n) is 15.0. The second kappa shape index (κ2) is 12.7. The summed E-state index contributed by atoms with van der Waals surface area (Å²) in [5.41, 5.74) is 9.40. The van der Waals surface area contributed by atoms with Crippen molar-refractivity contribution in [3.63, 3.8) is 0 Å². The van der Waals surface area contributed by atoms with E-state index in [2.05, 4.69) is 218 Å². The van der Waals surface area contributed by atoms with Gasteiger partial charge in [-0.2, -0.15) is 0 Å². The quantitative estimate of drug-likeness (QED) is 0.125. The predicted octanol–water partition coefficient (Wildman–Crippen LogP) is 15.6. The van der Waals surface area contributed by atoms with E-state index in [1.807, 2.05) is 0 Å². The summed E-state index contributed by atoms with van der Waals surface area (Å²) in [6.45, 7) is 4.56. The van der Waals surface area contributed by atoms with E-state index in [0.29, 0.717) is 0 Å². The van der Waals surface area contributed by atoms with Crippen molar-refractivity contribution in [2.75, 3.05) is 9.80 Å². The molecule has 0 radical (unpaired) electrons. The third-order valence-electron chi connectivity index (χ3n) is 11.7. The van der Waals surface area contributed by atoms with E-state index in [-0.39, 0.29) is 0 Å². The van der Waals surface area contributed by atoms with Crippen molar-refractivity contribution in [2.24, 2.45) is 0 Å². The fourth-order valence-electron chi connectivity index (χ4n) is 9.20. The minimum Gasteiger partial charge on any atom is -0.310 e. The van der Waals surface area contributed by atoms with Crippen molar-refractivity contribution in [3.8, 4) is 0 Å². The van der Waals surface area contributed by atoms with Crippen molar-refractivity contribution in [1.29, 1.82) is 0 Å². The van der Waals surface area contributed by atoms with Crippen LogP contribution in [0.1, 0.15) is 11.1 Å². The van der Waals surface area contributed by atoms with Crippen LogP contribution >= 0.6 is 0 Å². The monoisotopic (exact) mass is 714 g/mol. The Kier molecular flexibility index (Phi) is 7.33. The molecule has 0 atom stereocenters. The lowest BCUT2D eigenvalue weighted by atomic mass is 9.84. The van der Waals surface area contributed by atoms with Crippen LogP contribution in [0.15, 0.2) is 194 Å². The maximum absolute atomic E-state index is 2.47. The molecule has 0 heterocycles. The average molecular weight is 715 g/mol. The predicted molar refractivity (Wildman–Crippen MR) is 242 cm³/mol. The summed E-state index contributed by atoms with van der Waals surface area (Å²) < 4.78 is 0. The topological polar surface area (TPSA) is 6.48 Å². The lowest BCUT2D eigenvalue weighted by Crippen LogP contribution is -2.12. The van der Waals surface area contributed by atoms with Crippen LogP contribution in [-0.4, -0.2) is 0 Å². The van der Waals surface area contributed by atoms with Gasteiger partial charge in [-0.1, -0.05) is 133 Å². The van der Waals surface area contributed by atoms with Gasteiger partial charge in [0.1, 0.15) is 0 Å². The molecule has 0 aliphatic carbocycles. The number of anilines is 6. The van der Waals surface area contributed by atoms with Crippen LogP contribution in [0.25, 0.3) is 64.6 Å². The van der Waals surface area contributed by atoms with E-state index in [4.69, 9.17) is 0 Å². The minimum absolute atomic E-state index is 1.13. The molecule has 0 spiro atoms. The molecule has 0 saturated heterocycles. The number of fused-ring (bicyclic) bond motifs is 5. The van der Waals surface area contributed by atoms with Gasteiger partial charge in [-0.05, 0) is 129 Å². The minimum atomic E-state index is 1.13.